The first-order chi connectivity index (χ1) is 10.1. The first-order valence-corrected chi connectivity index (χ1v) is 7.46. The molecule has 3 nitrogen and oxygen atoms in total. The van der Waals surface area contributed by atoms with Crippen LogP contribution in [-0.4, -0.2) is 6.79 Å². The molecule has 1 aliphatic heterocycles. The molecule has 1 atom stereocenters. The molecule has 2 aromatic rings. The second-order valence-electron chi connectivity index (χ2n) is 4.97. The molecule has 0 spiro atoms. The molecule has 0 unspecified atom stereocenters. The molecule has 0 saturated carbocycles. The highest BCUT2D eigenvalue weighted by Gasteiger charge is 2.18. The molecule has 0 saturated heterocycles. The van der Waals surface area contributed by atoms with E-state index in [2.05, 4.69) is 12.2 Å². The summed E-state index contributed by atoms with van der Waals surface area (Å²) in [5.41, 5.74) is 2.25. The van der Waals surface area contributed by atoms with Crippen molar-refractivity contribution < 1.29 is 9.47 Å². The number of fused-ring (bicyclic) bond motifs is 1. The quantitative estimate of drug-likeness (QED) is 0.893. The van der Waals surface area contributed by atoms with Gasteiger partial charge in [0.05, 0.1) is 5.02 Å². The molecule has 1 N–H and O–H groups in total. The van der Waals surface area contributed by atoms with Crippen LogP contribution in [0.5, 0.6) is 11.5 Å². The Hall–Kier alpha value is -1.42. The third-order valence-corrected chi connectivity index (χ3v) is 4.00. The van der Waals surface area contributed by atoms with E-state index in [-0.39, 0.29) is 12.8 Å². The zero-order chi connectivity index (χ0) is 14.8. The van der Waals surface area contributed by atoms with Crippen LogP contribution < -0.4 is 14.8 Å². The van der Waals surface area contributed by atoms with Crippen LogP contribution >= 0.6 is 23.2 Å². The van der Waals surface area contributed by atoms with Crippen LogP contribution in [0.3, 0.4) is 0 Å². The second kappa shape index (κ2) is 6.14. The van der Waals surface area contributed by atoms with Gasteiger partial charge in [-0.1, -0.05) is 35.3 Å². The highest BCUT2D eigenvalue weighted by atomic mass is 35.5. The average molecular weight is 324 g/mol. The lowest BCUT2D eigenvalue weighted by molar-refractivity contribution is 0.174. The summed E-state index contributed by atoms with van der Waals surface area (Å²) >= 11 is 12.1. The van der Waals surface area contributed by atoms with E-state index in [1.807, 2.05) is 36.4 Å². The third kappa shape index (κ3) is 3.26. The molecular formula is C16H15Cl2NO2. The highest BCUT2D eigenvalue weighted by molar-refractivity contribution is 6.32. The first-order valence-electron chi connectivity index (χ1n) is 6.70. The molecular weight excluding hydrogens is 309 g/mol. The van der Waals surface area contributed by atoms with Crippen LogP contribution in [0.15, 0.2) is 36.4 Å². The van der Waals surface area contributed by atoms with Gasteiger partial charge >= 0.3 is 0 Å². The Kier molecular flexibility index (Phi) is 4.24. The molecule has 2 aromatic carbocycles. The Morgan fingerprint density at radius 2 is 1.90 bits per heavy atom. The fourth-order valence-corrected chi connectivity index (χ4v) is 2.68. The number of benzene rings is 2. The number of rotatable bonds is 4. The summed E-state index contributed by atoms with van der Waals surface area (Å²) in [5.74, 6) is 1.34. The molecule has 3 rings (SSSR count). The van der Waals surface area contributed by atoms with E-state index < -0.39 is 0 Å². The Labute approximate surface area is 133 Å². The third-order valence-electron chi connectivity index (χ3n) is 3.47. The largest absolute Gasteiger partial charge is 0.454 e. The lowest BCUT2D eigenvalue weighted by Crippen LogP contribution is -2.18. The van der Waals surface area contributed by atoms with Gasteiger partial charge in [0.2, 0.25) is 6.79 Å². The van der Waals surface area contributed by atoms with Crippen molar-refractivity contribution in [3.05, 3.63) is 57.6 Å². The zero-order valence-corrected chi connectivity index (χ0v) is 13.0. The zero-order valence-electron chi connectivity index (χ0n) is 11.5. The van der Waals surface area contributed by atoms with E-state index in [9.17, 15) is 0 Å². The smallest absolute Gasteiger partial charge is 0.231 e. The summed E-state index contributed by atoms with van der Waals surface area (Å²) in [6, 6.07) is 11.9. The maximum Gasteiger partial charge on any atom is 0.231 e. The number of halogens is 2. The van der Waals surface area contributed by atoms with Gasteiger partial charge in [-0.25, -0.2) is 0 Å². The number of hydrogen-bond donors (Lipinski definition) is 1. The Morgan fingerprint density at radius 3 is 2.67 bits per heavy atom. The molecule has 0 fully saturated rings. The van der Waals surface area contributed by atoms with Crippen LogP contribution in [0.1, 0.15) is 24.1 Å². The molecule has 0 radical (unpaired) electrons. The van der Waals surface area contributed by atoms with Crippen molar-refractivity contribution in [3.8, 4) is 11.5 Å². The minimum absolute atomic E-state index is 0.214. The molecule has 0 amide bonds. The van der Waals surface area contributed by atoms with Crippen molar-refractivity contribution >= 4 is 23.2 Å². The summed E-state index contributed by atoms with van der Waals surface area (Å²) in [5, 5.41) is 4.78. The summed E-state index contributed by atoms with van der Waals surface area (Å²) in [6.45, 7) is 3.03. The van der Waals surface area contributed by atoms with Crippen molar-refractivity contribution in [1.29, 1.82) is 0 Å². The van der Waals surface area contributed by atoms with Crippen molar-refractivity contribution in [2.24, 2.45) is 0 Å². The normalized spacial score (nSPS) is 14.2. The second-order valence-corrected chi connectivity index (χ2v) is 5.81. The highest BCUT2D eigenvalue weighted by Crippen LogP contribution is 2.39. The topological polar surface area (TPSA) is 30.5 Å². The van der Waals surface area contributed by atoms with Crippen molar-refractivity contribution in [1.82, 2.24) is 5.32 Å². The SMILES string of the molecule is C[C@H](NCc1cc(Cl)c2c(c1)OCO2)c1ccc(Cl)cc1. The van der Waals surface area contributed by atoms with E-state index >= 15 is 0 Å². The number of nitrogens with one attached hydrogen (secondary N) is 1. The molecule has 0 aromatic heterocycles. The van der Waals surface area contributed by atoms with Gasteiger partial charge in [0.25, 0.3) is 0 Å². The predicted octanol–water partition coefficient (Wildman–Crippen LogP) is 4.57. The monoisotopic (exact) mass is 323 g/mol. The molecule has 110 valence electrons. The molecule has 1 heterocycles. The van der Waals surface area contributed by atoms with Gasteiger partial charge < -0.3 is 14.8 Å². The lowest BCUT2D eigenvalue weighted by atomic mass is 10.1. The van der Waals surface area contributed by atoms with Crippen molar-refractivity contribution in [2.75, 3.05) is 6.79 Å². The van der Waals surface area contributed by atoms with E-state index in [1.165, 1.54) is 5.56 Å². The van der Waals surface area contributed by atoms with Gasteiger partial charge in [0.15, 0.2) is 11.5 Å². The van der Waals surface area contributed by atoms with Gasteiger partial charge in [-0.15, -0.1) is 0 Å². The van der Waals surface area contributed by atoms with E-state index in [4.69, 9.17) is 32.7 Å². The lowest BCUT2D eigenvalue weighted by Gasteiger charge is -2.15. The molecule has 0 aliphatic carbocycles. The molecule has 21 heavy (non-hydrogen) atoms. The minimum atomic E-state index is 0.214. The van der Waals surface area contributed by atoms with Crippen LogP contribution in [0.25, 0.3) is 0 Å². The maximum atomic E-state index is 6.18. The average Bonchev–Trinajstić information content (AvgIpc) is 2.94. The maximum absolute atomic E-state index is 6.18. The van der Waals surface area contributed by atoms with Gasteiger partial charge in [0, 0.05) is 17.6 Å². The van der Waals surface area contributed by atoms with E-state index in [0.717, 1.165) is 10.6 Å². The fourth-order valence-electron chi connectivity index (χ4n) is 2.26. The Balaban J connectivity index is 1.67. The fraction of sp³-hybridized carbons (Fsp3) is 0.250. The van der Waals surface area contributed by atoms with Crippen LogP contribution in [0.4, 0.5) is 0 Å². The van der Waals surface area contributed by atoms with Crippen LogP contribution in [0, 0.1) is 0 Å². The predicted molar refractivity (Wildman–Crippen MR) is 84.3 cm³/mol. The van der Waals surface area contributed by atoms with E-state index in [1.54, 1.807) is 0 Å². The number of ether oxygens (including phenoxy) is 2. The van der Waals surface area contributed by atoms with Crippen molar-refractivity contribution in [2.45, 2.75) is 19.5 Å². The number of hydrogen-bond acceptors (Lipinski definition) is 3. The van der Waals surface area contributed by atoms with Gasteiger partial charge in [0.1, 0.15) is 0 Å². The molecule has 5 heteroatoms. The minimum Gasteiger partial charge on any atom is -0.454 e. The van der Waals surface area contributed by atoms with Crippen LogP contribution in [0.2, 0.25) is 10.0 Å². The Bertz CT molecular complexity index is 643. The van der Waals surface area contributed by atoms with E-state index in [0.29, 0.717) is 23.1 Å². The summed E-state index contributed by atoms with van der Waals surface area (Å²) < 4.78 is 10.7. The standard InChI is InChI=1S/C16H15Cl2NO2/c1-10(12-2-4-13(17)5-3-12)19-8-11-6-14(18)16-15(7-11)20-9-21-16/h2-7,10,19H,8-9H2,1H3/t10-/m0/s1. The molecule has 1 aliphatic rings. The van der Waals surface area contributed by atoms with Crippen LogP contribution in [-0.2, 0) is 6.54 Å². The molecule has 0 bridgehead atoms. The Morgan fingerprint density at radius 1 is 1.14 bits per heavy atom. The van der Waals surface area contributed by atoms with Gasteiger partial charge in [-0.2, -0.15) is 0 Å². The van der Waals surface area contributed by atoms with Gasteiger partial charge in [-0.05, 0) is 42.3 Å². The summed E-state index contributed by atoms with van der Waals surface area (Å²) in [6.07, 6.45) is 0. The van der Waals surface area contributed by atoms with Gasteiger partial charge in [-0.3, -0.25) is 0 Å². The summed E-state index contributed by atoms with van der Waals surface area (Å²) in [4.78, 5) is 0. The van der Waals surface area contributed by atoms with Crippen molar-refractivity contribution in [3.63, 3.8) is 0 Å². The first kappa shape index (κ1) is 14.5. The summed E-state index contributed by atoms with van der Waals surface area (Å²) in [7, 11) is 0.